The molecule has 0 bridgehead atoms. The second kappa shape index (κ2) is 5.72. The van der Waals surface area contributed by atoms with Gasteiger partial charge in [0.15, 0.2) is 0 Å². The molecule has 1 fully saturated rings. The Labute approximate surface area is 116 Å². The fraction of sp³-hybridized carbons (Fsp3) is 0.600. The number of hydrogen-bond acceptors (Lipinski definition) is 1. The van der Waals surface area contributed by atoms with E-state index in [0.29, 0.717) is 18.4 Å². The molecule has 0 amide bonds. The Hall–Kier alpha value is -1.10. The molecule has 0 aromatic heterocycles. The number of benzene rings is 1. The minimum atomic E-state index is -4.12. The van der Waals surface area contributed by atoms with Crippen LogP contribution in [0.2, 0.25) is 0 Å². The quantitative estimate of drug-likeness (QED) is 0.797. The molecule has 1 saturated carbocycles. The van der Waals surface area contributed by atoms with Crippen molar-refractivity contribution in [1.82, 2.24) is 0 Å². The third-order valence-electron chi connectivity index (χ3n) is 4.25. The summed E-state index contributed by atoms with van der Waals surface area (Å²) in [5, 5.41) is 0. The summed E-state index contributed by atoms with van der Waals surface area (Å²) in [4.78, 5) is 0. The molecule has 20 heavy (non-hydrogen) atoms. The highest BCUT2D eigenvalue weighted by molar-refractivity contribution is 5.27. The number of alkyl halides is 3. The molecule has 1 aliphatic rings. The molecular weight excluding hydrogens is 270 g/mol. The Morgan fingerprint density at radius 1 is 1.15 bits per heavy atom. The van der Waals surface area contributed by atoms with Gasteiger partial charge in [-0.05, 0) is 44.6 Å². The van der Waals surface area contributed by atoms with Gasteiger partial charge in [-0.3, -0.25) is 0 Å². The number of rotatable bonds is 2. The molecule has 1 unspecified atom stereocenters. The number of halogens is 4. The predicted octanol–water partition coefficient (Wildman–Crippen LogP) is 4.50. The van der Waals surface area contributed by atoms with Gasteiger partial charge in [0, 0.05) is 11.6 Å². The van der Waals surface area contributed by atoms with Crippen molar-refractivity contribution < 1.29 is 17.6 Å². The molecule has 0 spiro atoms. The third-order valence-corrected chi connectivity index (χ3v) is 4.25. The van der Waals surface area contributed by atoms with E-state index in [4.69, 9.17) is 5.73 Å². The van der Waals surface area contributed by atoms with Crippen molar-refractivity contribution in [3.05, 3.63) is 35.1 Å². The van der Waals surface area contributed by atoms with Crippen LogP contribution in [0.15, 0.2) is 18.2 Å². The van der Waals surface area contributed by atoms with Crippen LogP contribution in [-0.4, -0.2) is 6.18 Å². The van der Waals surface area contributed by atoms with Crippen LogP contribution in [0.1, 0.15) is 42.9 Å². The Balaban J connectivity index is 2.05. The van der Waals surface area contributed by atoms with E-state index in [1.807, 2.05) is 6.92 Å². The van der Waals surface area contributed by atoms with Crippen molar-refractivity contribution in [1.29, 1.82) is 0 Å². The fourth-order valence-electron chi connectivity index (χ4n) is 2.98. The maximum Gasteiger partial charge on any atom is 0.391 e. The zero-order valence-electron chi connectivity index (χ0n) is 11.4. The lowest BCUT2D eigenvalue weighted by atomic mass is 9.76. The van der Waals surface area contributed by atoms with Gasteiger partial charge in [0.2, 0.25) is 0 Å². The molecule has 1 nitrogen and oxygen atoms in total. The van der Waals surface area contributed by atoms with E-state index in [9.17, 15) is 17.6 Å². The maximum absolute atomic E-state index is 13.8. The van der Waals surface area contributed by atoms with E-state index in [0.717, 1.165) is 5.56 Å². The summed E-state index contributed by atoms with van der Waals surface area (Å²) in [7, 11) is 0. The summed E-state index contributed by atoms with van der Waals surface area (Å²) in [5.74, 6) is -1.68. The van der Waals surface area contributed by atoms with Crippen LogP contribution in [0.4, 0.5) is 17.6 Å². The van der Waals surface area contributed by atoms with E-state index in [1.165, 1.54) is 6.07 Å². The van der Waals surface area contributed by atoms with E-state index < -0.39 is 18.1 Å². The Kier molecular flexibility index (Phi) is 4.37. The first kappa shape index (κ1) is 15.3. The molecule has 1 aliphatic carbocycles. The van der Waals surface area contributed by atoms with E-state index in [1.54, 1.807) is 12.1 Å². The van der Waals surface area contributed by atoms with Crippen LogP contribution < -0.4 is 5.73 Å². The summed E-state index contributed by atoms with van der Waals surface area (Å²) in [6.45, 7) is 1.84. The standard InChI is InChI=1S/C15H19F4N/c1-9-2-7-13(16)12(8-9)14(20)10-3-5-11(6-4-10)15(17,18)19/h2,7-8,10-11,14H,3-6,20H2,1H3. The number of aryl methyl sites for hydroxylation is 1. The van der Waals surface area contributed by atoms with Crippen molar-refractivity contribution in [3.63, 3.8) is 0 Å². The van der Waals surface area contributed by atoms with Gasteiger partial charge < -0.3 is 5.73 Å². The van der Waals surface area contributed by atoms with Crippen molar-refractivity contribution in [3.8, 4) is 0 Å². The van der Waals surface area contributed by atoms with E-state index in [-0.39, 0.29) is 24.6 Å². The van der Waals surface area contributed by atoms with Crippen molar-refractivity contribution in [2.45, 2.75) is 44.8 Å². The second-order valence-electron chi connectivity index (χ2n) is 5.70. The highest BCUT2D eigenvalue weighted by Gasteiger charge is 2.42. The average Bonchev–Trinajstić information content (AvgIpc) is 2.40. The summed E-state index contributed by atoms with van der Waals surface area (Å²) in [5.41, 5.74) is 7.39. The average molecular weight is 289 g/mol. The minimum Gasteiger partial charge on any atom is -0.324 e. The summed E-state index contributed by atoms with van der Waals surface area (Å²) >= 11 is 0. The monoisotopic (exact) mass is 289 g/mol. The normalized spacial score (nSPS) is 25.5. The smallest absolute Gasteiger partial charge is 0.324 e. The molecule has 0 aliphatic heterocycles. The Bertz CT molecular complexity index is 461. The van der Waals surface area contributed by atoms with Gasteiger partial charge in [0.1, 0.15) is 5.82 Å². The van der Waals surface area contributed by atoms with Gasteiger partial charge in [-0.2, -0.15) is 13.2 Å². The fourth-order valence-corrected chi connectivity index (χ4v) is 2.98. The highest BCUT2D eigenvalue weighted by Crippen LogP contribution is 2.42. The molecule has 1 atom stereocenters. The summed E-state index contributed by atoms with van der Waals surface area (Å²) in [6, 6.07) is 4.19. The molecule has 0 radical (unpaired) electrons. The molecule has 0 heterocycles. The number of hydrogen-bond donors (Lipinski definition) is 1. The highest BCUT2D eigenvalue weighted by atomic mass is 19.4. The van der Waals surface area contributed by atoms with Gasteiger partial charge in [0.25, 0.3) is 0 Å². The molecule has 2 rings (SSSR count). The molecular formula is C15H19F4N. The molecule has 2 N–H and O–H groups in total. The molecule has 1 aromatic carbocycles. The summed E-state index contributed by atoms with van der Waals surface area (Å²) in [6.07, 6.45) is -3.13. The first-order chi connectivity index (χ1) is 9.29. The lowest BCUT2D eigenvalue weighted by Gasteiger charge is -2.33. The second-order valence-corrected chi connectivity index (χ2v) is 5.70. The van der Waals surface area contributed by atoms with Crippen LogP contribution in [0.3, 0.4) is 0 Å². The Morgan fingerprint density at radius 3 is 2.30 bits per heavy atom. The largest absolute Gasteiger partial charge is 0.391 e. The van der Waals surface area contributed by atoms with Crippen molar-refractivity contribution >= 4 is 0 Å². The van der Waals surface area contributed by atoms with Gasteiger partial charge in [-0.1, -0.05) is 17.7 Å². The van der Waals surface area contributed by atoms with Crippen LogP contribution in [0, 0.1) is 24.6 Å². The topological polar surface area (TPSA) is 26.0 Å². The molecule has 0 saturated heterocycles. The van der Waals surface area contributed by atoms with E-state index >= 15 is 0 Å². The molecule has 1 aromatic rings. The van der Waals surface area contributed by atoms with Crippen LogP contribution in [-0.2, 0) is 0 Å². The lowest BCUT2D eigenvalue weighted by Crippen LogP contribution is -2.32. The lowest BCUT2D eigenvalue weighted by molar-refractivity contribution is -0.184. The zero-order valence-corrected chi connectivity index (χ0v) is 11.4. The first-order valence-corrected chi connectivity index (χ1v) is 6.87. The molecule has 5 heteroatoms. The van der Waals surface area contributed by atoms with Gasteiger partial charge in [-0.25, -0.2) is 4.39 Å². The predicted molar refractivity (Wildman–Crippen MR) is 69.6 cm³/mol. The van der Waals surface area contributed by atoms with Crippen LogP contribution in [0.5, 0.6) is 0 Å². The third kappa shape index (κ3) is 3.32. The first-order valence-electron chi connectivity index (χ1n) is 6.87. The zero-order chi connectivity index (χ0) is 14.9. The van der Waals surface area contributed by atoms with E-state index in [2.05, 4.69) is 0 Å². The number of nitrogens with two attached hydrogens (primary N) is 1. The minimum absolute atomic E-state index is 0.0788. The van der Waals surface area contributed by atoms with Gasteiger partial charge in [0.05, 0.1) is 5.92 Å². The SMILES string of the molecule is Cc1ccc(F)c(C(N)C2CCC(C(F)(F)F)CC2)c1. The Morgan fingerprint density at radius 2 is 1.75 bits per heavy atom. The molecule has 112 valence electrons. The summed E-state index contributed by atoms with van der Waals surface area (Å²) < 4.78 is 51.6. The van der Waals surface area contributed by atoms with Crippen LogP contribution >= 0.6 is 0 Å². The van der Waals surface area contributed by atoms with Gasteiger partial charge in [-0.15, -0.1) is 0 Å². The van der Waals surface area contributed by atoms with Crippen molar-refractivity contribution in [2.24, 2.45) is 17.6 Å². The maximum atomic E-state index is 13.8. The van der Waals surface area contributed by atoms with Crippen LogP contribution in [0.25, 0.3) is 0 Å². The van der Waals surface area contributed by atoms with Crippen molar-refractivity contribution in [2.75, 3.05) is 0 Å². The van der Waals surface area contributed by atoms with Gasteiger partial charge >= 0.3 is 6.18 Å².